The zero-order chi connectivity index (χ0) is 22.6. The van der Waals surface area contributed by atoms with Gasteiger partial charge in [-0.3, -0.25) is 0 Å². The van der Waals surface area contributed by atoms with Crippen molar-refractivity contribution >= 4 is 39.1 Å². The van der Waals surface area contributed by atoms with E-state index in [2.05, 4.69) is 30.9 Å². The van der Waals surface area contributed by atoms with Crippen molar-refractivity contribution in [2.75, 3.05) is 0 Å². The van der Waals surface area contributed by atoms with Crippen molar-refractivity contribution < 1.29 is 17.9 Å². The fraction of sp³-hybridized carbons (Fsp3) is 0.286. The second-order valence-corrected chi connectivity index (χ2v) is 8.21. The number of aromatic nitrogens is 3. The Morgan fingerprint density at radius 2 is 1.81 bits per heavy atom. The second kappa shape index (κ2) is 10.1. The van der Waals surface area contributed by atoms with E-state index in [4.69, 9.17) is 27.9 Å². The average molecular weight is 535 g/mol. The van der Waals surface area contributed by atoms with Crippen LogP contribution < -0.4 is 4.74 Å². The van der Waals surface area contributed by atoms with E-state index in [1.807, 2.05) is 12.1 Å². The Kier molecular flexibility index (Phi) is 7.78. The fourth-order valence-corrected chi connectivity index (χ4v) is 3.91. The second-order valence-electron chi connectivity index (χ2n) is 6.72. The predicted octanol–water partition coefficient (Wildman–Crippen LogP) is 7.32. The lowest BCUT2D eigenvalue weighted by Gasteiger charge is -2.11. The average Bonchev–Trinajstić information content (AvgIpc) is 2.72. The van der Waals surface area contributed by atoms with Gasteiger partial charge >= 0.3 is 6.18 Å². The van der Waals surface area contributed by atoms with Crippen molar-refractivity contribution in [3.8, 4) is 11.6 Å². The number of halogens is 6. The molecular weight excluding hydrogens is 518 g/mol. The molecule has 0 amide bonds. The number of alkyl halides is 4. The van der Waals surface area contributed by atoms with Crippen LogP contribution in [0.4, 0.5) is 13.2 Å². The molecule has 0 N–H and O–H groups in total. The van der Waals surface area contributed by atoms with E-state index in [-0.39, 0.29) is 11.8 Å². The Morgan fingerprint density at radius 3 is 2.42 bits per heavy atom. The molecule has 164 valence electrons. The lowest BCUT2D eigenvalue weighted by molar-refractivity contribution is -0.137. The van der Waals surface area contributed by atoms with E-state index in [1.54, 1.807) is 13.0 Å². The minimum atomic E-state index is -4.44. The molecule has 2 aromatic heterocycles. The molecule has 0 radical (unpaired) electrons. The van der Waals surface area contributed by atoms with Gasteiger partial charge in [0.25, 0.3) is 0 Å². The van der Waals surface area contributed by atoms with E-state index < -0.39 is 11.7 Å². The molecule has 0 bridgehead atoms. The Hall–Kier alpha value is -1.90. The lowest BCUT2D eigenvalue weighted by Crippen LogP contribution is -2.05. The van der Waals surface area contributed by atoms with Gasteiger partial charge in [0.2, 0.25) is 5.88 Å². The van der Waals surface area contributed by atoms with Crippen LogP contribution in [-0.4, -0.2) is 15.0 Å². The Labute approximate surface area is 195 Å². The normalized spacial score (nSPS) is 11.6. The summed E-state index contributed by atoms with van der Waals surface area (Å²) in [6.07, 6.45) is -1.43. The molecule has 0 fully saturated rings. The highest BCUT2D eigenvalue weighted by Crippen LogP contribution is 2.33. The SMILES string of the molecule is Cc1nc(CCl)c(Cl)c(CCCc2ccc(Oc3ccc(C(F)(F)F)cn3)c(Br)c2)n1. The molecule has 31 heavy (non-hydrogen) atoms. The molecule has 4 nitrogen and oxygen atoms in total. The Bertz CT molecular complexity index is 1060. The summed E-state index contributed by atoms with van der Waals surface area (Å²) in [4.78, 5) is 12.4. The van der Waals surface area contributed by atoms with Gasteiger partial charge in [-0.05, 0) is 65.9 Å². The number of ether oxygens (including phenoxy) is 1. The van der Waals surface area contributed by atoms with Crippen molar-refractivity contribution in [3.63, 3.8) is 0 Å². The number of hydrogen-bond acceptors (Lipinski definition) is 4. The molecule has 0 aliphatic carbocycles. The smallest absolute Gasteiger partial charge is 0.417 e. The molecule has 0 aliphatic heterocycles. The molecule has 0 saturated carbocycles. The summed E-state index contributed by atoms with van der Waals surface area (Å²) in [5.41, 5.74) is 1.63. The molecule has 1 aromatic carbocycles. The van der Waals surface area contributed by atoms with E-state index in [0.717, 1.165) is 36.4 Å². The van der Waals surface area contributed by atoms with Gasteiger partial charge in [-0.25, -0.2) is 15.0 Å². The molecule has 3 rings (SSSR count). The highest BCUT2D eigenvalue weighted by Gasteiger charge is 2.30. The van der Waals surface area contributed by atoms with E-state index in [1.165, 1.54) is 6.07 Å². The van der Waals surface area contributed by atoms with Crippen LogP contribution in [0.2, 0.25) is 5.02 Å². The minimum absolute atomic E-state index is 0.0744. The number of benzene rings is 1. The standard InChI is InChI=1S/C21H17BrCl2F3N3O/c1-12-29-16(20(24)17(10-23)30-12)4-2-3-13-5-7-18(15(22)9-13)31-19-8-6-14(11-28-19)21(25,26)27/h5-9,11H,2-4,10H2,1H3. The quantitative estimate of drug-likeness (QED) is 0.298. The Balaban J connectivity index is 1.62. The van der Waals surface area contributed by atoms with Gasteiger partial charge in [-0.1, -0.05) is 17.7 Å². The number of nitrogens with zero attached hydrogens (tertiary/aromatic N) is 3. The lowest BCUT2D eigenvalue weighted by atomic mass is 10.1. The third-order valence-corrected chi connectivity index (χ3v) is 5.69. The molecule has 0 spiro atoms. The highest BCUT2D eigenvalue weighted by molar-refractivity contribution is 9.10. The van der Waals surface area contributed by atoms with Crippen molar-refractivity contribution in [2.24, 2.45) is 0 Å². The van der Waals surface area contributed by atoms with Crippen LogP contribution in [0.15, 0.2) is 41.0 Å². The molecule has 10 heteroatoms. The van der Waals surface area contributed by atoms with Gasteiger partial charge in [-0.15, -0.1) is 11.6 Å². The summed E-state index contributed by atoms with van der Waals surface area (Å²) >= 11 is 15.6. The number of aryl methyl sites for hydroxylation is 3. The first-order valence-corrected chi connectivity index (χ1v) is 11.0. The molecule has 3 aromatic rings. The van der Waals surface area contributed by atoms with Crippen LogP contribution in [0.25, 0.3) is 0 Å². The van der Waals surface area contributed by atoms with Gasteiger partial charge in [0, 0.05) is 12.3 Å². The van der Waals surface area contributed by atoms with Crippen molar-refractivity contribution in [1.29, 1.82) is 0 Å². The summed E-state index contributed by atoms with van der Waals surface area (Å²) in [7, 11) is 0. The predicted molar refractivity (Wildman–Crippen MR) is 117 cm³/mol. The largest absolute Gasteiger partial charge is 0.438 e. The van der Waals surface area contributed by atoms with Gasteiger partial charge in [0.05, 0.1) is 32.3 Å². The monoisotopic (exact) mass is 533 g/mol. The zero-order valence-electron chi connectivity index (χ0n) is 16.3. The minimum Gasteiger partial charge on any atom is -0.438 e. The van der Waals surface area contributed by atoms with Gasteiger partial charge < -0.3 is 4.74 Å². The van der Waals surface area contributed by atoms with Gasteiger partial charge in [-0.2, -0.15) is 13.2 Å². The van der Waals surface area contributed by atoms with E-state index in [9.17, 15) is 13.2 Å². The van der Waals surface area contributed by atoms with Crippen molar-refractivity contribution in [1.82, 2.24) is 15.0 Å². The maximum Gasteiger partial charge on any atom is 0.417 e. The van der Waals surface area contributed by atoms with Crippen LogP contribution in [0, 0.1) is 6.92 Å². The topological polar surface area (TPSA) is 47.9 Å². The van der Waals surface area contributed by atoms with Crippen molar-refractivity contribution in [3.05, 3.63) is 74.4 Å². The number of hydrogen-bond donors (Lipinski definition) is 0. The molecule has 0 unspecified atom stereocenters. The first-order valence-electron chi connectivity index (χ1n) is 9.24. The van der Waals surface area contributed by atoms with Crippen LogP contribution in [-0.2, 0) is 24.9 Å². The first-order chi connectivity index (χ1) is 14.7. The van der Waals surface area contributed by atoms with Gasteiger partial charge in [0.1, 0.15) is 11.6 Å². The summed E-state index contributed by atoms with van der Waals surface area (Å²) < 4.78 is 44.2. The number of pyridine rings is 1. The van der Waals surface area contributed by atoms with Crippen LogP contribution >= 0.6 is 39.1 Å². The van der Waals surface area contributed by atoms with Crippen molar-refractivity contribution in [2.45, 2.75) is 38.2 Å². The highest BCUT2D eigenvalue weighted by atomic mass is 79.9. The van der Waals surface area contributed by atoms with E-state index >= 15 is 0 Å². The molecular formula is C21H17BrCl2F3N3O. The zero-order valence-corrected chi connectivity index (χ0v) is 19.4. The molecule has 0 aliphatic rings. The fourth-order valence-electron chi connectivity index (χ4n) is 2.90. The number of rotatable bonds is 7. The maximum absolute atomic E-state index is 12.6. The van der Waals surface area contributed by atoms with Crippen LogP contribution in [0.5, 0.6) is 11.6 Å². The third-order valence-electron chi connectivity index (χ3n) is 4.38. The summed E-state index contributed by atoms with van der Waals surface area (Å²) in [6, 6.07) is 7.65. The first kappa shape index (κ1) is 23.8. The summed E-state index contributed by atoms with van der Waals surface area (Å²) in [5.74, 6) is 1.40. The molecule has 0 saturated heterocycles. The van der Waals surface area contributed by atoms with Gasteiger partial charge in [0.15, 0.2) is 0 Å². The van der Waals surface area contributed by atoms with Crippen LogP contribution in [0.1, 0.15) is 34.8 Å². The van der Waals surface area contributed by atoms with E-state index in [0.29, 0.717) is 33.2 Å². The maximum atomic E-state index is 12.6. The summed E-state index contributed by atoms with van der Waals surface area (Å²) in [6.45, 7) is 1.80. The third kappa shape index (κ3) is 6.30. The molecule has 2 heterocycles. The Morgan fingerprint density at radius 1 is 1.06 bits per heavy atom. The summed E-state index contributed by atoms with van der Waals surface area (Å²) in [5, 5.41) is 0.509. The molecule has 0 atom stereocenters. The van der Waals surface area contributed by atoms with Crippen LogP contribution in [0.3, 0.4) is 0 Å².